The van der Waals surface area contributed by atoms with Gasteiger partial charge in [-0.1, -0.05) is 45.0 Å². The number of primary amides is 1. The van der Waals surface area contributed by atoms with Crippen LogP contribution in [0.15, 0.2) is 24.3 Å². The van der Waals surface area contributed by atoms with Crippen LogP contribution in [0.4, 0.5) is 4.79 Å². The van der Waals surface area contributed by atoms with Gasteiger partial charge in [-0.2, -0.15) is 0 Å². The Kier molecular flexibility index (Phi) is 6.28. The lowest BCUT2D eigenvalue weighted by atomic mass is 9.80. The second kappa shape index (κ2) is 8.52. The lowest BCUT2D eigenvalue weighted by Crippen LogP contribution is -2.54. The van der Waals surface area contributed by atoms with Crippen LogP contribution in [0.2, 0.25) is 0 Å². The van der Waals surface area contributed by atoms with Crippen LogP contribution in [0.1, 0.15) is 63.5 Å². The molecule has 0 radical (unpaired) electrons. The summed E-state index contributed by atoms with van der Waals surface area (Å²) in [4.78, 5) is 25.5. The SMILES string of the molecule is CC(C)(C)c1ccc(C2CCC(NC(=O)N3CCOC(C(N)=O)C3)CC2)cc1. The standard InChI is InChI=1S/C22H33N3O3/c1-22(2,3)17-8-4-15(5-9-17)16-6-10-18(11-7-16)24-21(27)25-12-13-28-19(14-25)20(23)26/h4-5,8-9,16,18-19H,6-7,10-14H2,1-3H3,(H2,23,26)(H,24,27). The predicted molar refractivity (Wildman–Crippen MR) is 109 cm³/mol. The first kappa shape index (κ1) is 20.6. The summed E-state index contributed by atoms with van der Waals surface area (Å²) in [7, 11) is 0. The van der Waals surface area contributed by atoms with Gasteiger partial charge in [0.15, 0.2) is 6.10 Å². The summed E-state index contributed by atoms with van der Waals surface area (Å²) < 4.78 is 5.31. The molecule has 3 amide bonds. The molecule has 1 saturated carbocycles. The van der Waals surface area contributed by atoms with Crippen LogP contribution < -0.4 is 11.1 Å². The Hall–Kier alpha value is -2.08. The second-order valence-electron chi connectivity index (χ2n) is 9.08. The van der Waals surface area contributed by atoms with Gasteiger partial charge in [-0.15, -0.1) is 0 Å². The summed E-state index contributed by atoms with van der Waals surface area (Å²) in [6.45, 7) is 7.77. The van der Waals surface area contributed by atoms with Crippen molar-refractivity contribution in [2.45, 2.75) is 69.9 Å². The molecule has 6 heteroatoms. The van der Waals surface area contributed by atoms with Crippen molar-refractivity contribution in [3.8, 4) is 0 Å². The molecule has 1 unspecified atom stereocenters. The Bertz CT molecular complexity index is 688. The van der Waals surface area contributed by atoms with E-state index in [1.807, 2.05) is 0 Å². The maximum Gasteiger partial charge on any atom is 0.317 e. The smallest absolute Gasteiger partial charge is 0.317 e. The molecule has 1 aliphatic heterocycles. The largest absolute Gasteiger partial charge is 0.367 e. The van der Waals surface area contributed by atoms with E-state index in [-0.39, 0.29) is 24.0 Å². The number of rotatable bonds is 3. The van der Waals surface area contributed by atoms with Crippen LogP contribution >= 0.6 is 0 Å². The third-order valence-electron chi connectivity index (χ3n) is 5.97. The minimum atomic E-state index is -0.702. The molecule has 1 aliphatic carbocycles. The lowest BCUT2D eigenvalue weighted by Gasteiger charge is -2.34. The molecular formula is C22H33N3O3. The van der Waals surface area contributed by atoms with Crippen molar-refractivity contribution in [2.24, 2.45) is 5.73 Å². The van der Waals surface area contributed by atoms with E-state index in [4.69, 9.17) is 10.5 Å². The van der Waals surface area contributed by atoms with Crippen molar-refractivity contribution in [2.75, 3.05) is 19.7 Å². The summed E-state index contributed by atoms with van der Waals surface area (Å²) in [5.41, 5.74) is 8.23. The van der Waals surface area contributed by atoms with Crippen LogP contribution in [-0.2, 0) is 14.9 Å². The fourth-order valence-corrected chi connectivity index (χ4v) is 4.10. The van der Waals surface area contributed by atoms with E-state index in [0.29, 0.717) is 19.1 Å². The van der Waals surface area contributed by atoms with Crippen molar-refractivity contribution in [3.05, 3.63) is 35.4 Å². The van der Waals surface area contributed by atoms with Gasteiger partial charge in [0.05, 0.1) is 13.2 Å². The van der Waals surface area contributed by atoms with Crippen molar-refractivity contribution in [3.63, 3.8) is 0 Å². The number of hydrogen-bond donors (Lipinski definition) is 2. The van der Waals surface area contributed by atoms with E-state index in [1.165, 1.54) is 11.1 Å². The van der Waals surface area contributed by atoms with E-state index in [1.54, 1.807) is 4.90 Å². The molecule has 1 atom stereocenters. The van der Waals surface area contributed by atoms with Crippen LogP contribution in [0.25, 0.3) is 0 Å². The number of morpholine rings is 1. The maximum absolute atomic E-state index is 12.5. The molecule has 3 rings (SSSR count). The van der Waals surface area contributed by atoms with Gasteiger partial charge in [-0.05, 0) is 48.1 Å². The number of carbonyl (C=O) groups is 2. The van der Waals surface area contributed by atoms with E-state index in [0.717, 1.165) is 25.7 Å². The number of carbonyl (C=O) groups excluding carboxylic acids is 2. The highest BCUT2D eigenvalue weighted by Gasteiger charge is 2.30. The maximum atomic E-state index is 12.5. The van der Waals surface area contributed by atoms with Crippen molar-refractivity contribution >= 4 is 11.9 Å². The van der Waals surface area contributed by atoms with Gasteiger partial charge in [0.2, 0.25) is 5.91 Å². The number of nitrogens with zero attached hydrogens (tertiary/aromatic N) is 1. The molecule has 0 spiro atoms. The zero-order valence-electron chi connectivity index (χ0n) is 17.2. The van der Waals surface area contributed by atoms with Gasteiger partial charge in [0.1, 0.15) is 0 Å². The highest BCUT2D eigenvalue weighted by molar-refractivity contribution is 5.81. The molecule has 1 heterocycles. The van der Waals surface area contributed by atoms with E-state index in [9.17, 15) is 9.59 Å². The first-order chi connectivity index (χ1) is 13.2. The van der Waals surface area contributed by atoms with Gasteiger partial charge < -0.3 is 20.7 Å². The number of hydrogen-bond acceptors (Lipinski definition) is 3. The normalized spacial score (nSPS) is 26.0. The summed E-state index contributed by atoms with van der Waals surface area (Å²) >= 11 is 0. The van der Waals surface area contributed by atoms with Gasteiger partial charge in [-0.3, -0.25) is 4.79 Å². The Morgan fingerprint density at radius 3 is 2.32 bits per heavy atom. The average molecular weight is 388 g/mol. The molecule has 3 N–H and O–H groups in total. The van der Waals surface area contributed by atoms with Crippen LogP contribution in [0.3, 0.4) is 0 Å². The zero-order valence-corrected chi connectivity index (χ0v) is 17.2. The zero-order chi connectivity index (χ0) is 20.3. The summed E-state index contributed by atoms with van der Waals surface area (Å²) in [6.07, 6.45) is 3.40. The number of urea groups is 1. The molecule has 0 bridgehead atoms. The summed E-state index contributed by atoms with van der Waals surface area (Å²) in [6, 6.07) is 9.09. The fraction of sp³-hybridized carbons (Fsp3) is 0.636. The number of nitrogens with two attached hydrogens (primary N) is 1. The van der Waals surface area contributed by atoms with Gasteiger partial charge in [0.25, 0.3) is 0 Å². The first-order valence-electron chi connectivity index (χ1n) is 10.3. The van der Waals surface area contributed by atoms with Gasteiger partial charge in [-0.25, -0.2) is 4.79 Å². The number of amides is 3. The monoisotopic (exact) mass is 387 g/mol. The van der Waals surface area contributed by atoms with Gasteiger partial charge in [0, 0.05) is 12.6 Å². The topological polar surface area (TPSA) is 84.7 Å². The van der Waals surface area contributed by atoms with Crippen molar-refractivity contribution in [1.29, 1.82) is 0 Å². The van der Waals surface area contributed by atoms with E-state index in [2.05, 4.69) is 50.4 Å². The number of nitrogens with one attached hydrogen (secondary N) is 1. The molecule has 1 aromatic rings. The Morgan fingerprint density at radius 1 is 1.11 bits per heavy atom. The Balaban J connectivity index is 1.49. The molecule has 154 valence electrons. The fourth-order valence-electron chi connectivity index (χ4n) is 4.10. The highest BCUT2D eigenvalue weighted by Crippen LogP contribution is 2.34. The molecular weight excluding hydrogens is 354 g/mol. The van der Waals surface area contributed by atoms with Crippen molar-refractivity contribution in [1.82, 2.24) is 10.2 Å². The average Bonchev–Trinajstić information content (AvgIpc) is 2.68. The van der Waals surface area contributed by atoms with Crippen molar-refractivity contribution < 1.29 is 14.3 Å². The summed E-state index contributed by atoms with van der Waals surface area (Å²) in [5.74, 6) is 0.0419. The highest BCUT2D eigenvalue weighted by atomic mass is 16.5. The minimum absolute atomic E-state index is 0.118. The molecule has 6 nitrogen and oxygen atoms in total. The number of ether oxygens (including phenoxy) is 1. The third kappa shape index (κ3) is 5.04. The van der Waals surface area contributed by atoms with Crippen LogP contribution in [-0.4, -0.2) is 48.7 Å². The second-order valence-corrected chi connectivity index (χ2v) is 9.08. The molecule has 2 fully saturated rings. The number of benzene rings is 1. The Labute approximate surface area is 167 Å². The third-order valence-corrected chi connectivity index (χ3v) is 5.97. The first-order valence-corrected chi connectivity index (χ1v) is 10.3. The predicted octanol–water partition coefficient (Wildman–Crippen LogP) is 2.91. The molecule has 2 aliphatic rings. The molecule has 1 saturated heterocycles. The molecule has 1 aromatic carbocycles. The molecule has 28 heavy (non-hydrogen) atoms. The lowest BCUT2D eigenvalue weighted by molar-refractivity contribution is -0.133. The van der Waals surface area contributed by atoms with Gasteiger partial charge >= 0.3 is 6.03 Å². The minimum Gasteiger partial charge on any atom is -0.367 e. The molecule has 0 aromatic heterocycles. The van der Waals surface area contributed by atoms with Crippen LogP contribution in [0.5, 0.6) is 0 Å². The quantitative estimate of drug-likeness (QED) is 0.836. The summed E-state index contributed by atoms with van der Waals surface area (Å²) in [5, 5.41) is 3.13. The van der Waals surface area contributed by atoms with E-state index >= 15 is 0 Å². The Morgan fingerprint density at radius 2 is 1.75 bits per heavy atom. The van der Waals surface area contributed by atoms with E-state index < -0.39 is 12.0 Å². The van der Waals surface area contributed by atoms with Crippen LogP contribution in [0, 0.1) is 0 Å².